The number of benzene rings is 1. The van der Waals surface area contributed by atoms with Crippen LogP contribution in [-0.2, 0) is 19.7 Å². The minimum atomic E-state index is -4.08. The maximum atomic E-state index is 14.1. The van der Waals surface area contributed by atoms with Crippen LogP contribution < -0.4 is 5.32 Å². The predicted molar refractivity (Wildman–Crippen MR) is 94.6 cm³/mol. The van der Waals surface area contributed by atoms with Gasteiger partial charge in [0, 0.05) is 12.1 Å². The summed E-state index contributed by atoms with van der Waals surface area (Å²) in [7, 11) is -7.55. The lowest BCUT2D eigenvalue weighted by Gasteiger charge is -2.28. The van der Waals surface area contributed by atoms with E-state index in [9.17, 15) is 21.2 Å². The molecule has 1 aromatic rings. The van der Waals surface area contributed by atoms with Gasteiger partial charge >= 0.3 is 0 Å². The molecule has 1 aliphatic heterocycles. The first-order valence-corrected chi connectivity index (χ1v) is 12.0. The molecular weight excluding hydrogens is 365 g/mol. The van der Waals surface area contributed by atoms with Crippen LogP contribution in [0.25, 0.3) is 0 Å². The molecule has 1 aliphatic carbocycles. The fourth-order valence-corrected chi connectivity index (χ4v) is 8.67. The van der Waals surface area contributed by atoms with Gasteiger partial charge in [0.15, 0.2) is 19.7 Å². The number of nitrogens with one attached hydrogen (secondary N) is 1. The highest BCUT2D eigenvalue weighted by atomic mass is 32.2. The van der Waals surface area contributed by atoms with E-state index in [0.717, 1.165) is 38.2 Å². The van der Waals surface area contributed by atoms with Gasteiger partial charge in [0.1, 0.15) is 10.7 Å². The third kappa shape index (κ3) is 4.06. The summed E-state index contributed by atoms with van der Waals surface area (Å²) < 4.78 is 64.4. The molecule has 0 amide bonds. The van der Waals surface area contributed by atoms with E-state index in [4.69, 9.17) is 0 Å². The van der Waals surface area contributed by atoms with Crippen molar-refractivity contribution in [2.24, 2.45) is 0 Å². The van der Waals surface area contributed by atoms with Crippen LogP contribution in [0, 0.1) is 12.7 Å². The van der Waals surface area contributed by atoms with E-state index < -0.39 is 47.4 Å². The van der Waals surface area contributed by atoms with Gasteiger partial charge in [-0.15, -0.1) is 0 Å². The van der Waals surface area contributed by atoms with E-state index in [-0.39, 0.29) is 11.8 Å². The predicted octanol–water partition coefficient (Wildman–Crippen LogP) is 2.00. The van der Waals surface area contributed by atoms with Crippen molar-refractivity contribution in [3.63, 3.8) is 0 Å². The normalized spacial score (nSPS) is 27.4. The lowest BCUT2D eigenvalue weighted by Crippen LogP contribution is -2.48. The van der Waals surface area contributed by atoms with Gasteiger partial charge in [-0.2, -0.15) is 0 Å². The zero-order valence-electron chi connectivity index (χ0n) is 14.2. The van der Waals surface area contributed by atoms with Crippen molar-refractivity contribution in [3.05, 3.63) is 29.6 Å². The van der Waals surface area contributed by atoms with Crippen molar-refractivity contribution in [1.29, 1.82) is 0 Å². The molecule has 0 spiro atoms. The quantitative estimate of drug-likeness (QED) is 0.852. The second-order valence-corrected chi connectivity index (χ2v) is 11.5. The molecule has 8 heteroatoms. The van der Waals surface area contributed by atoms with Gasteiger partial charge in [-0.3, -0.25) is 0 Å². The molecule has 0 unspecified atom stereocenters. The van der Waals surface area contributed by atoms with Crippen LogP contribution in [0.4, 0.5) is 4.39 Å². The molecule has 1 saturated carbocycles. The third-order valence-corrected chi connectivity index (χ3v) is 9.31. The zero-order chi connectivity index (χ0) is 18.2. The zero-order valence-corrected chi connectivity index (χ0v) is 15.9. The Morgan fingerprint density at radius 3 is 2.48 bits per heavy atom. The second-order valence-electron chi connectivity index (χ2n) is 7.20. The van der Waals surface area contributed by atoms with E-state index >= 15 is 0 Å². The van der Waals surface area contributed by atoms with Crippen LogP contribution in [0.5, 0.6) is 0 Å². The molecule has 1 saturated heterocycles. The third-order valence-electron chi connectivity index (χ3n) is 5.15. The molecule has 0 bridgehead atoms. The number of sulfone groups is 2. The molecule has 1 N–H and O–H groups in total. The smallest absolute Gasteiger partial charge is 0.186 e. The van der Waals surface area contributed by atoms with Crippen molar-refractivity contribution in [3.8, 4) is 0 Å². The van der Waals surface area contributed by atoms with Crippen LogP contribution in [0.1, 0.15) is 37.7 Å². The van der Waals surface area contributed by atoms with Gasteiger partial charge in [0.2, 0.25) is 0 Å². The Morgan fingerprint density at radius 1 is 1.12 bits per heavy atom. The van der Waals surface area contributed by atoms with Gasteiger partial charge in [0.25, 0.3) is 0 Å². The van der Waals surface area contributed by atoms with Crippen LogP contribution in [0.2, 0.25) is 0 Å². The van der Waals surface area contributed by atoms with Gasteiger partial charge < -0.3 is 5.32 Å². The van der Waals surface area contributed by atoms with E-state index in [1.54, 1.807) is 6.92 Å². The SMILES string of the molecule is Cc1ccc(F)c(S(=O)(=O)[C@H]2CS(=O)(=O)C[C@@H]2NC2CCCCC2)c1. The lowest BCUT2D eigenvalue weighted by molar-refractivity contribution is 0.345. The Balaban J connectivity index is 1.92. The van der Waals surface area contributed by atoms with Crippen molar-refractivity contribution >= 4 is 19.7 Å². The molecule has 25 heavy (non-hydrogen) atoms. The van der Waals surface area contributed by atoms with Gasteiger partial charge in [0.05, 0.1) is 16.8 Å². The lowest BCUT2D eigenvalue weighted by atomic mass is 9.95. The fourth-order valence-electron chi connectivity index (χ4n) is 3.84. The van der Waals surface area contributed by atoms with Gasteiger partial charge in [-0.05, 0) is 37.5 Å². The van der Waals surface area contributed by atoms with Crippen molar-refractivity contribution in [2.75, 3.05) is 11.5 Å². The van der Waals surface area contributed by atoms with Crippen LogP contribution in [-0.4, -0.2) is 45.7 Å². The highest BCUT2D eigenvalue weighted by Crippen LogP contribution is 2.29. The summed E-state index contributed by atoms with van der Waals surface area (Å²) in [6.07, 6.45) is 5.10. The molecule has 2 aliphatic rings. The molecule has 5 nitrogen and oxygen atoms in total. The highest BCUT2D eigenvalue weighted by molar-refractivity contribution is 7.96. The van der Waals surface area contributed by atoms with Crippen molar-refractivity contribution in [2.45, 2.75) is 61.3 Å². The number of rotatable bonds is 4. The first-order chi connectivity index (χ1) is 11.7. The average Bonchev–Trinajstić information content (AvgIpc) is 2.86. The van der Waals surface area contributed by atoms with E-state index in [0.29, 0.717) is 5.56 Å². The van der Waals surface area contributed by atoms with Crippen LogP contribution in [0.15, 0.2) is 23.1 Å². The van der Waals surface area contributed by atoms with Crippen molar-refractivity contribution in [1.82, 2.24) is 5.32 Å². The topological polar surface area (TPSA) is 80.3 Å². The van der Waals surface area contributed by atoms with Gasteiger partial charge in [-0.1, -0.05) is 25.3 Å². The second kappa shape index (κ2) is 6.96. The number of halogens is 1. The largest absolute Gasteiger partial charge is 0.309 e. The van der Waals surface area contributed by atoms with Crippen LogP contribution >= 0.6 is 0 Å². The molecule has 0 radical (unpaired) electrons. The number of aryl methyl sites for hydroxylation is 1. The molecule has 1 heterocycles. The molecule has 2 atom stereocenters. The molecule has 0 aromatic heterocycles. The summed E-state index contributed by atoms with van der Waals surface area (Å²) in [5, 5.41) is 2.11. The summed E-state index contributed by atoms with van der Waals surface area (Å²) in [5.74, 6) is -1.49. The first kappa shape index (κ1) is 18.8. The maximum absolute atomic E-state index is 14.1. The minimum absolute atomic E-state index is 0.132. The Labute approximate surface area is 148 Å². The Bertz CT molecular complexity index is 845. The first-order valence-electron chi connectivity index (χ1n) is 8.65. The highest BCUT2D eigenvalue weighted by Gasteiger charge is 2.47. The number of hydrogen-bond donors (Lipinski definition) is 1. The Hall–Kier alpha value is -0.990. The van der Waals surface area contributed by atoms with E-state index in [1.165, 1.54) is 12.1 Å². The fraction of sp³-hybridized carbons (Fsp3) is 0.647. The maximum Gasteiger partial charge on any atom is 0.186 e. The average molecular weight is 390 g/mol. The van der Waals surface area contributed by atoms with E-state index in [2.05, 4.69) is 5.32 Å². The summed E-state index contributed by atoms with van der Waals surface area (Å²) in [5.41, 5.74) is 0.623. The Kier molecular flexibility index (Phi) is 5.23. The summed E-state index contributed by atoms with van der Waals surface area (Å²) in [4.78, 5) is -0.398. The van der Waals surface area contributed by atoms with Crippen molar-refractivity contribution < 1.29 is 21.2 Å². The molecule has 140 valence electrons. The molecule has 1 aromatic carbocycles. The molecular formula is C17H24FNO4S2. The van der Waals surface area contributed by atoms with E-state index in [1.807, 2.05) is 0 Å². The summed E-state index contributed by atoms with van der Waals surface area (Å²) >= 11 is 0. The standard InChI is InChI=1S/C17H24FNO4S2/c1-12-7-8-14(18)16(9-12)25(22,23)17-11-24(20,21)10-15(17)19-13-5-3-2-4-6-13/h7-9,13,15,17,19H,2-6,10-11H2,1H3/t15-,17-/m0/s1. The summed E-state index contributed by atoms with van der Waals surface area (Å²) in [6, 6.07) is 3.35. The Morgan fingerprint density at radius 2 is 1.80 bits per heavy atom. The monoisotopic (exact) mass is 389 g/mol. The molecule has 3 rings (SSSR count). The molecule has 2 fully saturated rings. The van der Waals surface area contributed by atoms with Crippen LogP contribution in [0.3, 0.4) is 0 Å². The summed E-state index contributed by atoms with van der Waals surface area (Å²) in [6.45, 7) is 1.68. The minimum Gasteiger partial charge on any atom is -0.309 e. The number of hydrogen-bond acceptors (Lipinski definition) is 5. The van der Waals surface area contributed by atoms with Gasteiger partial charge in [-0.25, -0.2) is 21.2 Å².